The lowest BCUT2D eigenvalue weighted by atomic mass is 9.87. The van der Waals surface area contributed by atoms with Gasteiger partial charge in [0.25, 0.3) is 5.69 Å². The van der Waals surface area contributed by atoms with Crippen LogP contribution in [0.4, 0.5) is 11.5 Å². The topological polar surface area (TPSA) is 91.6 Å². The molecule has 2 atom stereocenters. The van der Waals surface area contributed by atoms with E-state index in [-0.39, 0.29) is 11.6 Å². The van der Waals surface area contributed by atoms with E-state index >= 15 is 0 Å². The van der Waals surface area contributed by atoms with E-state index in [9.17, 15) is 14.9 Å². The van der Waals surface area contributed by atoms with Gasteiger partial charge in [0, 0.05) is 49.7 Å². The molecule has 1 saturated heterocycles. The first-order valence-corrected chi connectivity index (χ1v) is 10.8. The predicted molar refractivity (Wildman–Crippen MR) is 117 cm³/mol. The molecule has 2 unspecified atom stereocenters. The maximum absolute atomic E-state index is 12.4. The van der Waals surface area contributed by atoms with Gasteiger partial charge in [-0.25, -0.2) is 4.98 Å². The molecular formula is C22H29N5O3. The number of nitrogens with one attached hydrogen (secondary N) is 1. The van der Waals surface area contributed by atoms with Crippen LogP contribution in [0, 0.1) is 16.0 Å². The number of nitrogens with zero attached hydrogens (tertiary/aromatic N) is 4. The Morgan fingerprint density at radius 3 is 2.73 bits per heavy atom. The molecule has 8 heteroatoms. The second-order valence-corrected chi connectivity index (χ2v) is 8.60. The van der Waals surface area contributed by atoms with Crippen LogP contribution in [0.3, 0.4) is 0 Å². The highest BCUT2D eigenvalue weighted by molar-refractivity contribution is 5.82. The maximum Gasteiger partial charge on any atom is 0.270 e. The fourth-order valence-corrected chi connectivity index (χ4v) is 4.57. The molecular weight excluding hydrogens is 382 g/mol. The summed E-state index contributed by atoms with van der Waals surface area (Å²) >= 11 is 0. The van der Waals surface area contributed by atoms with Gasteiger partial charge in [0.15, 0.2) is 0 Å². The van der Waals surface area contributed by atoms with Crippen molar-refractivity contribution in [3.05, 3.63) is 40.4 Å². The van der Waals surface area contributed by atoms with Crippen molar-refractivity contribution in [2.24, 2.45) is 5.92 Å². The smallest absolute Gasteiger partial charge is 0.270 e. The van der Waals surface area contributed by atoms with Crippen molar-refractivity contribution in [2.45, 2.75) is 38.6 Å². The fraction of sp³-hybridized carbons (Fsp3) is 0.545. The van der Waals surface area contributed by atoms with Gasteiger partial charge >= 0.3 is 0 Å². The van der Waals surface area contributed by atoms with Crippen LogP contribution < -0.4 is 10.2 Å². The molecule has 1 saturated carbocycles. The van der Waals surface area contributed by atoms with E-state index in [4.69, 9.17) is 0 Å². The lowest BCUT2D eigenvalue weighted by Crippen LogP contribution is -2.51. The number of fused-ring (bicyclic) bond motifs is 1. The van der Waals surface area contributed by atoms with E-state index in [2.05, 4.69) is 27.0 Å². The highest BCUT2D eigenvalue weighted by Gasteiger charge is 2.23. The van der Waals surface area contributed by atoms with Crippen molar-refractivity contribution < 1.29 is 9.72 Å². The normalized spacial score (nSPS) is 22.8. The van der Waals surface area contributed by atoms with Crippen LogP contribution in [0.15, 0.2) is 30.3 Å². The molecule has 2 fully saturated rings. The van der Waals surface area contributed by atoms with Crippen molar-refractivity contribution in [3.8, 4) is 0 Å². The standard InChI is InChI=1S/C22H29N5O3/c1-16-3-2-4-18(13-16)23-22(28)15-25-9-11-26(12-10-25)21-8-5-17-14-19(27(29)30)6-7-20(17)24-21/h5-8,14,16,18H,2-4,9-13,15H2,1H3,(H,23,28). The number of carbonyl (C=O) groups excluding carboxylic acids is 1. The summed E-state index contributed by atoms with van der Waals surface area (Å²) in [6.07, 6.45) is 4.67. The molecule has 4 rings (SSSR count). The Morgan fingerprint density at radius 1 is 1.20 bits per heavy atom. The number of non-ortho nitro benzene ring substituents is 1. The van der Waals surface area contributed by atoms with Gasteiger partial charge in [0.1, 0.15) is 5.82 Å². The van der Waals surface area contributed by atoms with Crippen molar-refractivity contribution >= 4 is 28.3 Å². The van der Waals surface area contributed by atoms with Crippen molar-refractivity contribution in [3.63, 3.8) is 0 Å². The summed E-state index contributed by atoms with van der Waals surface area (Å²) in [5.74, 6) is 1.71. The lowest BCUT2D eigenvalue weighted by Gasteiger charge is -2.35. The number of nitro groups is 1. The molecule has 160 valence electrons. The number of piperazine rings is 1. The van der Waals surface area contributed by atoms with Crippen molar-refractivity contribution in [2.75, 3.05) is 37.6 Å². The minimum atomic E-state index is -0.391. The first-order valence-electron chi connectivity index (χ1n) is 10.8. The predicted octanol–water partition coefficient (Wildman–Crippen LogP) is 2.96. The average Bonchev–Trinajstić information content (AvgIpc) is 2.73. The van der Waals surface area contributed by atoms with Gasteiger partial charge in [-0.15, -0.1) is 0 Å². The summed E-state index contributed by atoms with van der Waals surface area (Å²) in [5.41, 5.74) is 0.827. The minimum Gasteiger partial charge on any atom is -0.354 e. The summed E-state index contributed by atoms with van der Waals surface area (Å²) in [5, 5.41) is 14.9. The van der Waals surface area contributed by atoms with Gasteiger partial charge in [-0.2, -0.15) is 0 Å². The van der Waals surface area contributed by atoms with Crippen LogP contribution in [0.2, 0.25) is 0 Å². The zero-order valence-electron chi connectivity index (χ0n) is 17.4. The Morgan fingerprint density at radius 2 is 2.00 bits per heavy atom. The van der Waals surface area contributed by atoms with Gasteiger partial charge in [-0.1, -0.05) is 19.8 Å². The number of benzene rings is 1. The van der Waals surface area contributed by atoms with Crippen molar-refractivity contribution in [1.29, 1.82) is 0 Å². The number of rotatable bonds is 5. The second kappa shape index (κ2) is 8.95. The molecule has 0 bridgehead atoms. The molecule has 30 heavy (non-hydrogen) atoms. The first-order chi connectivity index (χ1) is 14.5. The highest BCUT2D eigenvalue weighted by Crippen LogP contribution is 2.24. The minimum absolute atomic E-state index is 0.0756. The van der Waals surface area contributed by atoms with E-state index in [1.807, 2.05) is 12.1 Å². The molecule has 0 radical (unpaired) electrons. The lowest BCUT2D eigenvalue weighted by molar-refractivity contribution is -0.384. The summed E-state index contributed by atoms with van der Waals surface area (Å²) in [6.45, 7) is 5.95. The van der Waals surface area contributed by atoms with Gasteiger partial charge in [-0.3, -0.25) is 19.8 Å². The Balaban J connectivity index is 1.30. The molecule has 1 aliphatic carbocycles. The molecule has 2 aromatic rings. The molecule has 2 heterocycles. The van der Waals surface area contributed by atoms with E-state index in [0.29, 0.717) is 18.5 Å². The number of nitro benzene ring substituents is 1. The van der Waals surface area contributed by atoms with E-state index in [0.717, 1.165) is 55.7 Å². The van der Waals surface area contributed by atoms with Crippen LogP contribution >= 0.6 is 0 Å². The largest absolute Gasteiger partial charge is 0.354 e. The molecule has 1 N–H and O–H groups in total. The van der Waals surface area contributed by atoms with E-state index in [1.54, 1.807) is 12.1 Å². The molecule has 1 aliphatic heterocycles. The SMILES string of the molecule is CC1CCCC(NC(=O)CN2CCN(c3ccc4cc([N+](=O)[O-])ccc4n3)CC2)C1. The number of hydrogen-bond donors (Lipinski definition) is 1. The van der Waals surface area contributed by atoms with Crippen LogP contribution in [0.25, 0.3) is 10.9 Å². The number of hydrogen-bond acceptors (Lipinski definition) is 6. The van der Waals surface area contributed by atoms with E-state index < -0.39 is 4.92 Å². The zero-order chi connectivity index (χ0) is 21.1. The third-order valence-electron chi connectivity index (χ3n) is 6.23. The number of pyridine rings is 1. The molecule has 1 aromatic carbocycles. The third kappa shape index (κ3) is 4.87. The van der Waals surface area contributed by atoms with Crippen LogP contribution in [-0.2, 0) is 4.79 Å². The summed E-state index contributed by atoms with van der Waals surface area (Å²) in [7, 11) is 0. The Kier molecular flexibility index (Phi) is 6.13. The molecule has 1 aromatic heterocycles. The first kappa shape index (κ1) is 20.5. The van der Waals surface area contributed by atoms with Gasteiger partial charge in [-0.05, 0) is 37.0 Å². The quantitative estimate of drug-likeness (QED) is 0.601. The molecule has 8 nitrogen and oxygen atoms in total. The number of carbonyl (C=O) groups is 1. The van der Waals surface area contributed by atoms with Gasteiger partial charge in [0.2, 0.25) is 5.91 Å². The van der Waals surface area contributed by atoms with Crippen molar-refractivity contribution in [1.82, 2.24) is 15.2 Å². The number of amides is 1. The Labute approximate surface area is 176 Å². The fourth-order valence-electron chi connectivity index (χ4n) is 4.57. The average molecular weight is 412 g/mol. The second-order valence-electron chi connectivity index (χ2n) is 8.60. The maximum atomic E-state index is 12.4. The van der Waals surface area contributed by atoms with Gasteiger partial charge < -0.3 is 10.2 Å². The molecule has 2 aliphatic rings. The third-order valence-corrected chi connectivity index (χ3v) is 6.23. The highest BCUT2D eigenvalue weighted by atomic mass is 16.6. The van der Waals surface area contributed by atoms with E-state index in [1.165, 1.54) is 18.9 Å². The number of aromatic nitrogens is 1. The van der Waals surface area contributed by atoms with Crippen LogP contribution in [-0.4, -0.2) is 59.5 Å². The van der Waals surface area contributed by atoms with Crippen LogP contribution in [0.1, 0.15) is 32.6 Å². The molecule has 1 amide bonds. The number of anilines is 1. The summed E-state index contributed by atoms with van der Waals surface area (Å²) < 4.78 is 0. The van der Waals surface area contributed by atoms with Crippen LogP contribution in [0.5, 0.6) is 0 Å². The Bertz CT molecular complexity index is 926. The Hall–Kier alpha value is -2.74. The van der Waals surface area contributed by atoms with Gasteiger partial charge in [0.05, 0.1) is 17.0 Å². The molecule has 0 spiro atoms. The monoisotopic (exact) mass is 411 g/mol. The zero-order valence-corrected chi connectivity index (χ0v) is 17.4. The summed E-state index contributed by atoms with van der Waals surface area (Å²) in [4.78, 5) is 32.1. The summed E-state index contributed by atoms with van der Waals surface area (Å²) in [6, 6.07) is 8.87.